The second kappa shape index (κ2) is 8.39. The van der Waals surface area contributed by atoms with Gasteiger partial charge in [-0.05, 0) is 50.1 Å². The molecule has 0 aromatic carbocycles. The van der Waals surface area contributed by atoms with E-state index < -0.39 is 0 Å². The average Bonchev–Trinajstić information content (AvgIpc) is 2.91. The maximum Gasteiger partial charge on any atom is 0.315 e. The fourth-order valence-electron chi connectivity index (χ4n) is 2.91. The highest BCUT2D eigenvalue weighted by Crippen LogP contribution is 2.15. The summed E-state index contributed by atoms with van der Waals surface area (Å²) < 4.78 is 0. The van der Waals surface area contributed by atoms with Crippen molar-refractivity contribution >= 4 is 17.4 Å². The van der Waals surface area contributed by atoms with Crippen LogP contribution in [0.1, 0.15) is 31.6 Å². The van der Waals surface area contributed by atoms with E-state index in [0.717, 1.165) is 32.0 Å². The van der Waals surface area contributed by atoms with E-state index in [4.69, 9.17) is 0 Å². The number of hydrogen-bond acceptors (Lipinski definition) is 3. The number of rotatable bonds is 6. The van der Waals surface area contributed by atoms with Gasteiger partial charge in [0.15, 0.2) is 0 Å². The van der Waals surface area contributed by atoms with E-state index in [-0.39, 0.29) is 12.1 Å². The first-order valence-electron chi connectivity index (χ1n) is 7.92. The molecule has 1 aliphatic heterocycles. The molecule has 2 rings (SSSR count). The molecule has 2 heterocycles. The van der Waals surface area contributed by atoms with Gasteiger partial charge in [0.2, 0.25) is 0 Å². The molecule has 4 nitrogen and oxygen atoms in total. The monoisotopic (exact) mass is 309 g/mol. The Labute approximate surface area is 131 Å². The Morgan fingerprint density at radius 1 is 1.57 bits per heavy atom. The van der Waals surface area contributed by atoms with Crippen molar-refractivity contribution < 1.29 is 4.79 Å². The molecule has 2 N–H and O–H groups in total. The van der Waals surface area contributed by atoms with Crippen LogP contribution in [-0.4, -0.2) is 43.2 Å². The Morgan fingerprint density at radius 3 is 3.14 bits per heavy atom. The molecule has 0 aliphatic carbocycles. The summed E-state index contributed by atoms with van der Waals surface area (Å²) in [7, 11) is 0. The number of nitrogens with one attached hydrogen (secondary N) is 2. The maximum atomic E-state index is 11.9. The molecule has 1 aliphatic rings. The second-order valence-electron chi connectivity index (χ2n) is 6.14. The summed E-state index contributed by atoms with van der Waals surface area (Å²) in [5.41, 5.74) is 0. The molecule has 0 spiro atoms. The summed E-state index contributed by atoms with van der Waals surface area (Å²) in [6, 6.07) is 4.28. The Morgan fingerprint density at radius 2 is 2.43 bits per heavy atom. The number of hydrogen-bond donors (Lipinski definition) is 2. The van der Waals surface area contributed by atoms with Crippen molar-refractivity contribution in [2.75, 3.05) is 26.2 Å². The van der Waals surface area contributed by atoms with E-state index in [0.29, 0.717) is 6.54 Å². The first kappa shape index (κ1) is 16.3. The third-order valence-corrected chi connectivity index (χ3v) is 4.82. The molecule has 0 radical (unpaired) electrons. The number of nitrogens with zero attached hydrogens (tertiary/aromatic N) is 1. The van der Waals surface area contributed by atoms with Crippen LogP contribution in [0.5, 0.6) is 0 Å². The molecule has 5 heteroatoms. The molecular weight excluding hydrogens is 282 g/mol. The molecular formula is C16H27N3OS. The van der Waals surface area contributed by atoms with E-state index >= 15 is 0 Å². The van der Waals surface area contributed by atoms with Crippen molar-refractivity contribution in [2.24, 2.45) is 5.92 Å². The van der Waals surface area contributed by atoms with E-state index in [9.17, 15) is 4.79 Å². The molecule has 1 aromatic rings. The summed E-state index contributed by atoms with van der Waals surface area (Å²) in [6.45, 7) is 8.35. The summed E-state index contributed by atoms with van der Waals surface area (Å²) in [6.07, 6.45) is 3.52. The van der Waals surface area contributed by atoms with Gasteiger partial charge in [0.05, 0.1) is 0 Å². The van der Waals surface area contributed by atoms with Crippen molar-refractivity contribution in [1.82, 2.24) is 15.5 Å². The lowest BCUT2D eigenvalue weighted by molar-refractivity contribution is 0.169. The molecule has 0 saturated carbocycles. The first-order valence-corrected chi connectivity index (χ1v) is 8.80. The predicted octanol–water partition coefficient (Wildman–Crippen LogP) is 2.71. The molecule has 118 valence electrons. The van der Waals surface area contributed by atoms with Crippen molar-refractivity contribution in [3.8, 4) is 0 Å². The van der Waals surface area contributed by atoms with Gasteiger partial charge >= 0.3 is 6.03 Å². The quantitative estimate of drug-likeness (QED) is 0.848. The Hall–Kier alpha value is -1.07. The normalized spacial score (nSPS) is 21.0. The SMILES string of the molecule is CC1CCCN(CC(C)NC(=O)NCCc2cccs2)C1. The van der Waals surface area contributed by atoms with Crippen LogP contribution < -0.4 is 10.6 Å². The highest BCUT2D eigenvalue weighted by Gasteiger charge is 2.18. The van der Waals surface area contributed by atoms with Gasteiger partial charge in [-0.15, -0.1) is 11.3 Å². The standard InChI is InChI=1S/C16H27N3OS/c1-13-5-3-9-19(11-13)12-14(2)18-16(20)17-8-7-15-6-4-10-21-15/h4,6,10,13-14H,3,5,7-9,11-12H2,1-2H3,(H2,17,18,20). The van der Waals surface area contributed by atoms with Gasteiger partial charge in [0.25, 0.3) is 0 Å². The number of likely N-dealkylation sites (tertiary alicyclic amines) is 1. The van der Waals surface area contributed by atoms with Crippen LogP contribution in [0, 0.1) is 5.92 Å². The van der Waals surface area contributed by atoms with Gasteiger partial charge in [-0.25, -0.2) is 4.79 Å². The molecule has 1 saturated heterocycles. The van der Waals surface area contributed by atoms with Gasteiger partial charge < -0.3 is 15.5 Å². The van der Waals surface area contributed by atoms with Crippen LogP contribution in [0.4, 0.5) is 4.79 Å². The van der Waals surface area contributed by atoms with Crippen LogP contribution in [-0.2, 0) is 6.42 Å². The number of carbonyl (C=O) groups is 1. The summed E-state index contributed by atoms with van der Waals surface area (Å²) >= 11 is 1.73. The first-order chi connectivity index (χ1) is 10.1. The topological polar surface area (TPSA) is 44.4 Å². The Kier molecular flexibility index (Phi) is 6.51. The van der Waals surface area contributed by atoms with E-state index in [1.807, 2.05) is 6.07 Å². The molecule has 0 bridgehead atoms. The zero-order valence-corrected chi connectivity index (χ0v) is 13.9. The van der Waals surface area contributed by atoms with Crippen LogP contribution in [0.25, 0.3) is 0 Å². The van der Waals surface area contributed by atoms with Crippen molar-refractivity contribution in [1.29, 1.82) is 0 Å². The molecule has 1 aromatic heterocycles. The third-order valence-electron chi connectivity index (χ3n) is 3.89. The van der Waals surface area contributed by atoms with Gasteiger partial charge in [-0.3, -0.25) is 0 Å². The fourth-order valence-corrected chi connectivity index (χ4v) is 3.62. The zero-order valence-electron chi connectivity index (χ0n) is 13.1. The summed E-state index contributed by atoms with van der Waals surface area (Å²) in [5.74, 6) is 0.783. The van der Waals surface area contributed by atoms with E-state index in [1.54, 1.807) is 11.3 Å². The minimum absolute atomic E-state index is 0.0517. The Balaban J connectivity index is 1.60. The van der Waals surface area contributed by atoms with Crippen molar-refractivity contribution in [3.05, 3.63) is 22.4 Å². The number of piperidine rings is 1. The predicted molar refractivity (Wildman–Crippen MR) is 88.9 cm³/mol. The van der Waals surface area contributed by atoms with Gasteiger partial charge in [0.1, 0.15) is 0 Å². The van der Waals surface area contributed by atoms with Crippen molar-refractivity contribution in [2.45, 2.75) is 39.2 Å². The van der Waals surface area contributed by atoms with Gasteiger partial charge in [0, 0.05) is 30.6 Å². The minimum atomic E-state index is -0.0517. The average molecular weight is 309 g/mol. The van der Waals surface area contributed by atoms with E-state index in [1.165, 1.54) is 17.7 Å². The smallest absolute Gasteiger partial charge is 0.315 e. The highest BCUT2D eigenvalue weighted by molar-refractivity contribution is 7.09. The second-order valence-corrected chi connectivity index (χ2v) is 7.17. The lowest BCUT2D eigenvalue weighted by Crippen LogP contribution is -2.48. The highest BCUT2D eigenvalue weighted by atomic mass is 32.1. The molecule has 21 heavy (non-hydrogen) atoms. The number of carbonyl (C=O) groups excluding carboxylic acids is 1. The minimum Gasteiger partial charge on any atom is -0.338 e. The van der Waals surface area contributed by atoms with Crippen LogP contribution in [0.2, 0.25) is 0 Å². The summed E-state index contributed by atoms with van der Waals surface area (Å²) in [5, 5.41) is 8.04. The molecule has 2 unspecified atom stereocenters. The molecule has 1 fully saturated rings. The van der Waals surface area contributed by atoms with Gasteiger partial charge in [-0.1, -0.05) is 13.0 Å². The fraction of sp³-hybridized carbons (Fsp3) is 0.688. The number of urea groups is 1. The lowest BCUT2D eigenvalue weighted by atomic mass is 10.00. The lowest BCUT2D eigenvalue weighted by Gasteiger charge is -2.32. The molecule has 2 amide bonds. The Bertz CT molecular complexity index is 421. The summed E-state index contributed by atoms with van der Waals surface area (Å²) in [4.78, 5) is 15.6. The van der Waals surface area contributed by atoms with Crippen LogP contribution in [0.15, 0.2) is 17.5 Å². The van der Waals surface area contributed by atoms with Crippen LogP contribution in [0.3, 0.4) is 0 Å². The maximum absolute atomic E-state index is 11.9. The number of thiophene rings is 1. The third kappa shape index (κ3) is 6.06. The van der Waals surface area contributed by atoms with E-state index in [2.05, 4.69) is 40.8 Å². The zero-order chi connectivity index (χ0) is 15.1. The van der Waals surface area contributed by atoms with Crippen molar-refractivity contribution in [3.63, 3.8) is 0 Å². The molecule has 2 atom stereocenters. The number of amides is 2. The largest absolute Gasteiger partial charge is 0.338 e. The van der Waals surface area contributed by atoms with Crippen LogP contribution >= 0.6 is 11.3 Å². The van der Waals surface area contributed by atoms with Gasteiger partial charge in [-0.2, -0.15) is 0 Å².